The summed E-state index contributed by atoms with van der Waals surface area (Å²) >= 11 is 1.63. The van der Waals surface area contributed by atoms with Crippen molar-refractivity contribution in [2.24, 2.45) is 0 Å². The van der Waals surface area contributed by atoms with Gasteiger partial charge in [-0.1, -0.05) is 33.1 Å². The smallest absolute Gasteiger partial charge is 0.227 e. The van der Waals surface area contributed by atoms with Gasteiger partial charge in [-0.3, -0.25) is 0 Å². The molecule has 110 valence electrons. The lowest BCUT2D eigenvalue weighted by atomic mass is 10.2. The van der Waals surface area contributed by atoms with Crippen LogP contribution < -0.4 is 10.1 Å². The number of unbranched alkanes of at least 4 members (excludes halogenated alkanes) is 3. The number of ether oxygens (including phenoxy) is 1. The van der Waals surface area contributed by atoms with E-state index in [-0.39, 0.29) is 0 Å². The number of aromatic nitrogens is 2. The summed E-state index contributed by atoms with van der Waals surface area (Å²) in [5, 5.41) is 6.29. The van der Waals surface area contributed by atoms with Crippen LogP contribution in [0.5, 0.6) is 5.88 Å². The van der Waals surface area contributed by atoms with Crippen LogP contribution in [0, 0.1) is 0 Å². The number of anilines is 1. The molecule has 0 bridgehead atoms. The molecular formula is C15H23N3OS. The van der Waals surface area contributed by atoms with Crippen molar-refractivity contribution < 1.29 is 4.74 Å². The lowest BCUT2D eigenvalue weighted by molar-refractivity contribution is 0.298. The Morgan fingerprint density at radius 3 is 2.85 bits per heavy atom. The predicted octanol–water partition coefficient (Wildman–Crippen LogP) is 4.47. The van der Waals surface area contributed by atoms with E-state index >= 15 is 0 Å². The van der Waals surface area contributed by atoms with Crippen molar-refractivity contribution in [1.29, 1.82) is 0 Å². The zero-order valence-electron chi connectivity index (χ0n) is 12.3. The van der Waals surface area contributed by atoms with Crippen molar-refractivity contribution in [3.63, 3.8) is 0 Å². The molecule has 4 nitrogen and oxygen atoms in total. The van der Waals surface area contributed by atoms with Crippen molar-refractivity contribution in [1.82, 2.24) is 9.97 Å². The standard InChI is InChI=1S/C15H23N3OS/c1-3-5-6-7-10-19-13-12-8-11-20-14(12)18-15(17-13)16-9-4-2/h8,11H,3-7,9-10H2,1-2H3,(H,16,17,18). The summed E-state index contributed by atoms with van der Waals surface area (Å²) in [6, 6.07) is 2.03. The summed E-state index contributed by atoms with van der Waals surface area (Å²) in [6.45, 7) is 5.95. The van der Waals surface area contributed by atoms with Crippen LogP contribution in [-0.4, -0.2) is 23.1 Å². The van der Waals surface area contributed by atoms with E-state index in [0.717, 1.165) is 36.2 Å². The summed E-state index contributed by atoms with van der Waals surface area (Å²) in [5.74, 6) is 1.39. The zero-order valence-corrected chi connectivity index (χ0v) is 13.1. The Labute approximate surface area is 124 Å². The molecule has 2 rings (SSSR count). The van der Waals surface area contributed by atoms with Crippen LogP contribution in [0.2, 0.25) is 0 Å². The first kappa shape index (κ1) is 15.0. The van der Waals surface area contributed by atoms with E-state index < -0.39 is 0 Å². The van der Waals surface area contributed by atoms with E-state index in [1.54, 1.807) is 11.3 Å². The Morgan fingerprint density at radius 1 is 1.15 bits per heavy atom. The predicted molar refractivity (Wildman–Crippen MR) is 85.8 cm³/mol. The molecule has 2 aromatic rings. The van der Waals surface area contributed by atoms with Crippen molar-refractivity contribution in [3.05, 3.63) is 11.4 Å². The first-order chi connectivity index (χ1) is 9.85. The molecule has 0 aliphatic rings. The maximum atomic E-state index is 5.86. The highest BCUT2D eigenvalue weighted by molar-refractivity contribution is 7.16. The summed E-state index contributed by atoms with van der Waals surface area (Å²) in [6.07, 6.45) is 5.87. The lowest BCUT2D eigenvalue weighted by Gasteiger charge is -2.09. The zero-order chi connectivity index (χ0) is 14.2. The Balaban J connectivity index is 2.03. The number of thiophene rings is 1. The normalized spacial score (nSPS) is 10.9. The fourth-order valence-corrected chi connectivity index (χ4v) is 2.71. The number of nitrogens with zero attached hydrogens (tertiary/aromatic N) is 2. The lowest BCUT2D eigenvalue weighted by Crippen LogP contribution is -2.06. The molecule has 0 unspecified atom stereocenters. The molecule has 0 fully saturated rings. The van der Waals surface area contributed by atoms with Crippen molar-refractivity contribution in [2.75, 3.05) is 18.5 Å². The number of hydrogen-bond donors (Lipinski definition) is 1. The van der Waals surface area contributed by atoms with Gasteiger partial charge in [0.25, 0.3) is 0 Å². The highest BCUT2D eigenvalue weighted by Gasteiger charge is 2.09. The second-order valence-corrected chi connectivity index (χ2v) is 5.72. The molecule has 0 atom stereocenters. The molecule has 5 heteroatoms. The Kier molecular flexibility index (Phi) is 6.05. The Morgan fingerprint density at radius 2 is 2.05 bits per heavy atom. The average molecular weight is 293 g/mol. The summed E-state index contributed by atoms with van der Waals surface area (Å²) in [5.41, 5.74) is 0. The van der Waals surface area contributed by atoms with Gasteiger partial charge in [-0.2, -0.15) is 4.98 Å². The molecule has 20 heavy (non-hydrogen) atoms. The third kappa shape index (κ3) is 4.07. The summed E-state index contributed by atoms with van der Waals surface area (Å²) in [4.78, 5) is 9.99. The fourth-order valence-electron chi connectivity index (χ4n) is 1.95. The van der Waals surface area contributed by atoms with Gasteiger partial charge in [0.05, 0.1) is 12.0 Å². The molecule has 0 spiro atoms. The van der Waals surface area contributed by atoms with Crippen LogP contribution in [0.3, 0.4) is 0 Å². The number of nitrogens with one attached hydrogen (secondary N) is 1. The second kappa shape index (κ2) is 8.04. The largest absolute Gasteiger partial charge is 0.477 e. The number of fused-ring (bicyclic) bond motifs is 1. The van der Waals surface area contributed by atoms with Gasteiger partial charge < -0.3 is 10.1 Å². The highest BCUT2D eigenvalue weighted by atomic mass is 32.1. The molecule has 0 saturated heterocycles. The van der Waals surface area contributed by atoms with Gasteiger partial charge in [0.2, 0.25) is 11.8 Å². The van der Waals surface area contributed by atoms with E-state index in [4.69, 9.17) is 4.74 Å². The first-order valence-electron chi connectivity index (χ1n) is 7.47. The minimum absolute atomic E-state index is 0.672. The van der Waals surface area contributed by atoms with Crippen LogP contribution in [-0.2, 0) is 0 Å². The van der Waals surface area contributed by atoms with Crippen LogP contribution in [0.25, 0.3) is 10.2 Å². The Bertz CT molecular complexity index is 527. The third-order valence-corrected chi connectivity index (χ3v) is 3.87. The van der Waals surface area contributed by atoms with Gasteiger partial charge in [-0.15, -0.1) is 11.3 Å². The highest BCUT2D eigenvalue weighted by Crippen LogP contribution is 2.28. The number of hydrogen-bond acceptors (Lipinski definition) is 5. The van der Waals surface area contributed by atoms with Crippen molar-refractivity contribution >= 4 is 27.5 Å². The Hall–Kier alpha value is -1.36. The average Bonchev–Trinajstić information content (AvgIpc) is 2.93. The molecule has 0 aromatic carbocycles. The van der Waals surface area contributed by atoms with E-state index in [0.29, 0.717) is 11.8 Å². The van der Waals surface area contributed by atoms with E-state index in [2.05, 4.69) is 29.1 Å². The quantitative estimate of drug-likeness (QED) is 0.693. The van der Waals surface area contributed by atoms with Gasteiger partial charge in [-0.05, 0) is 24.3 Å². The minimum atomic E-state index is 0.672. The maximum absolute atomic E-state index is 5.86. The SMILES string of the molecule is CCCCCCOc1nc(NCCC)nc2sccc12. The molecule has 0 aliphatic carbocycles. The first-order valence-corrected chi connectivity index (χ1v) is 8.35. The van der Waals surface area contributed by atoms with Gasteiger partial charge in [-0.25, -0.2) is 4.98 Å². The van der Waals surface area contributed by atoms with Gasteiger partial charge >= 0.3 is 0 Å². The third-order valence-electron chi connectivity index (χ3n) is 3.06. The van der Waals surface area contributed by atoms with Crippen molar-refractivity contribution in [3.8, 4) is 5.88 Å². The van der Waals surface area contributed by atoms with Crippen molar-refractivity contribution in [2.45, 2.75) is 46.0 Å². The minimum Gasteiger partial charge on any atom is -0.477 e. The van der Waals surface area contributed by atoms with E-state index in [1.165, 1.54) is 19.3 Å². The van der Waals surface area contributed by atoms with Gasteiger partial charge in [0, 0.05) is 6.54 Å². The van der Waals surface area contributed by atoms with Crippen LogP contribution in [0.15, 0.2) is 11.4 Å². The molecule has 1 N–H and O–H groups in total. The number of rotatable bonds is 9. The van der Waals surface area contributed by atoms with Crippen LogP contribution in [0.4, 0.5) is 5.95 Å². The topological polar surface area (TPSA) is 47.0 Å². The monoisotopic (exact) mass is 293 g/mol. The fraction of sp³-hybridized carbons (Fsp3) is 0.600. The second-order valence-electron chi connectivity index (χ2n) is 4.83. The molecule has 0 aliphatic heterocycles. The molecule has 2 heterocycles. The molecular weight excluding hydrogens is 270 g/mol. The van der Waals surface area contributed by atoms with E-state index in [9.17, 15) is 0 Å². The van der Waals surface area contributed by atoms with Gasteiger partial charge in [0.1, 0.15) is 4.83 Å². The molecule has 2 aromatic heterocycles. The summed E-state index contributed by atoms with van der Waals surface area (Å²) in [7, 11) is 0. The maximum Gasteiger partial charge on any atom is 0.227 e. The van der Waals surface area contributed by atoms with E-state index in [1.807, 2.05) is 11.4 Å². The summed E-state index contributed by atoms with van der Waals surface area (Å²) < 4.78 is 5.86. The van der Waals surface area contributed by atoms with Gasteiger partial charge in [0.15, 0.2) is 0 Å². The molecule has 0 saturated carbocycles. The van der Waals surface area contributed by atoms with Crippen LogP contribution >= 0.6 is 11.3 Å². The molecule has 0 radical (unpaired) electrons. The molecule has 0 amide bonds. The van der Waals surface area contributed by atoms with Crippen LogP contribution in [0.1, 0.15) is 46.0 Å².